The van der Waals surface area contributed by atoms with Crippen LogP contribution in [0.2, 0.25) is 0 Å². The first-order valence-electron chi connectivity index (χ1n) is 8.58. The molecule has 25 heavy (non-hydrogen) atoms. The summed E-state index contributed by atoms with van der Waals surface area (Å²) in [4.78, 5) is 14.0. The van der Waals surface area contributed by atoms with Gasteiger partial charge in [0.25, 0.3) is 0 Å². The molecule has 1 aliphatic heterocycles. The van der Waals surface area contributed by atoms with Gasteiger partial charge >= 0.3 is 0 Å². The first kappa shape index (κ1) is 19.8. The first-order chi connectivity index (χ1) is 11.8. The number of carbonyl (C=O) groups is 1. The van der Waals surface area contributed by atoms with Crippen LogP contribution in [0.4, 0.5) is 0 Å². The average molecular weight is 377 g/mol. The molecule has 3 rings (SSSR count). The number of benzene rings is 2. The molecule has 1 heterocycles. The largest absolute Gasteiger partial charge is 0.355 e. The van der Waals surface area contributed by atoms with E-state index >= 15 is 0 Å². The lowest BCUT2D eigenvalue weighted by Gasteiger charge is -2.24. The molecule has 1 saturated heterocycles. The predicted octanol–water partition coefficient (Wildman–Crippen LogP) is 4.06. The summed E-state index contributed by atoms with van der Waals surface area (Å²) in [5.74, 6) is 0.640. The molecule has 2 atom stereocenters. The second-order valence-corrected chi connectivity index (χ2v) is 7.36. The molecule has 0 aliphatic carbocycles. The van der Waals surface area contributed by atoms with E-state index in [2.05, 4.69) is 22.8 Å². The Hall–Kier alpha value is -1.49. The standard InChI is InChI=1S/C20H24N2OS.ClH/c23-20(22-15-16-8-7-13-21-14-16)19(17-9-3-1-4-10-17)24-18-11-5-2-6-12-18;/h1-6,9-12,16,19,21H,7-8,13-15H2,(H,22,23);1H. The fourth-order valence-corrected chi connectivity index (χ4v) is 4.04. The van der Waals surface area contributed by atoms with Gasteiger partial charge in [0.05, 0.1) is 0 Å². The molecule has 1 fully saturated rings. The molecule has 2 aromatic carbocycles. The Bertz CT molecular complexity index is 633. The number of carbonyl (C=O) groups excluding carboxylic acids is 1. The number of thioether (sulfide) groups is 1. The van der Waals surface area contributed by atoms with Crippen molar-refractivity contribution in [2.24, 2.45) is 5.92 Å². The number of rotatable bonds is 6. The minimum Gasteiger partial charge on any atom is -0.355 e. The Morgan fingerprint density at radius 3 is 2.44 bits per heavy atom. The van der Waals surface area contributed by atoms with Crippen molar-refractivity contribution in [3.8, 4) is 0 Å². The number of amides is 1. The summed E-state index contributed by atoms with van der Waals surface area (Å²) in [6.07, 6.45) is 2.39. The highest BCUT2D eigenvalue weighted by molar-refractivity contribution is 8.00. The van der Waals surface area contributed by atoms with Crippen LogP contribution in [0.1, 0.15) is 23.7 Å². The molecule has 0 radical (unpaired) electrons. The lowest BCUT2D eigenvalue weighted by Crippen LogP contribution is -2.39. The summed E-state index contributed by atoms with van der Waals surface area (Å²) in [5, 5.41) is 6.36. The van der Waals surface area contributed by atoms with E-state index in [1.165, 1.54) is 12.8 Å². The van der Waals surface area contributed by atoms with Crippen LogP contribution >= 0.6 is 24.2 Å². The van der Waals surface area contributed by atoms with Crippen molar-refractivity contribution in [1.29, 1.82) is 0 Å². The number of hydrogen-bond donors (Lipinski definition) is 2. The molecule has 5 heteroatoms. The fourth-order valence-electron chi connectivity index (χ4n) is 2.97. The first-order valence-corrected chi connectivity index (χ1v) is 9.46. The summed E-state index contributed by atoms with van der Waals surface area (Å²) in [7, 11) is 0. The Morgan fingerprint density at radius 1 is 1.12 bits per heavy atom. The molecule has 1 aliphatic rings. The minimum atomic E-state index is -0.217. The molecular weight excluding hydrogens is 352 g/mol. The van der Waals surface area contributed by atoms with Crippen LogP contribution in [-0.4, -0.2) is 25.5 Å². The lowest BCUT2D eigenvalue weighted by molar-refractivity contribution is -0.120. The van der Waals surface area contributed by atoms with Crippen molar-refractivity contribution in [2.75, 3.05) is 19.6 Å². The monoisotopic (exact) mass is 376 g/mol. The van der Waals surface area contributed by atoms with E-state index in [9.17, 15) is 4.79 Å². The molecular formula is C20H25ClN2OS. The third kappa shape index (κ3) is 6.07. The molecule has 2 aromatic rings. The van der Waals surface area contributed by atoms with Gasteiger partial charge in [-0.15, -0.1) is 24.2 Å². The Balaban J connectivity index is 0.00000225. The van der Waals surface area contributed by atoms with Crippen molar-refractivity contribution in [3.63, 3.8) is 0 Å². The van der Waals surface area contributed by atoms with Crippen LogP contribution in [-0.2, 0) is 4.79 Å². The third-order valence-electron chi connectivity index (χ3n) is 4.30. The molecule has 0 spiro atoms. The minimum absolute atomic E-state index is 0. The summed E-state index contributed by atoms with van der Waals surface area (Å²) in [6.45, 7) is 2.85. The number of hydrogen-bond acceptors (Lipinski definition) is 3. The van der Waals surface area contributed by atoms with E-state index in [1.807, 2.05) is 48.5 Å². The van der Waals surface area contributed by atoms with Gasteiger partial charge in [0, 0.05) is 11.4 Å². The van der Waals surface area contributed by atoms with E-state index in [-0.39, 0.29) is 23.6 Å². The summed E-state index contributed by atoms with van der Waals surface area (Å²) < 4.78 is 0. The topological polar surface area (TPSA) is 41.1 Å². The zero-order valence-electron chi connectivity index (χ0n) is 14.2. The van der Waals surface area contributed by atoms with Crippen molar-refractivity contribution in [1.82, 2.24) is 10.6 Å². The van der Waals surface area contributed by atoms with Gasteiger partial charge in [0.1, 0.15) is 5.25 Å². The van der Waals surface area contributed by atoms with Crippen molar-refractivity contribution in [3.05, 3.63) is 66.2 Å². The molecule has 0 saturated carbocycles. The molecule has 0 bridgehead atoms. The highest BCUT2D eigenvalue weighted by Gasteiger charge is 2.23. The number of halogens is 1. The van der Waals surface area contributed by atoms with Gasteiger partial charge in [-0.05, 0) is 49.5 Å². The van der Waals surface area contributed by atoms with Crippen LogP contribution in [0.5, 0.6) is 0 Å². The van der Waals surface area contributed by atoms with Gasteiger partial charge in [0.2, 0.25) is 5.91 Å². The Labute approximate surface area is 160 Å². The lowest BCUT2D eigenvalue weighted by atomic mass is 9.99. The summed E-state index contributed by atoms with van der Waals surface area (Å²) in [5.41, 5.74) is 1.05. The van der Waals surface area contributed by atoms with Crippen LogP contribution in [0.3, 0.4) is 0 Å². The Kier molecular flexibility index (Phi) is 8.32. The quantitative estimate of drug-likeness (QED) is 0.747. The maximum absolute atomic E-state index is 12.8. The number of piperidine rings is 1. The van der Waals surface area contributed by atoms with Crippen molar-refractivity contribution >= 4 is 30.1 Å². The van der Waals surface area contributed by atoms with Crippen LogP contribution in [0, 0.1) is 5.92 Å². The van der Waals surface area contributed by atoms with Gasteiger partial charge in [0.15, 0.2) is 0 Å². The summed E-state index contributed by atoms with van der Waals surface area (Å²) in [6, 6.07) is 20.2. The second-order valence-electron chi connectivity index (χ2n) is 6.18. The van der Waals surface area contributed by atoms with E-state index in [1.54, 1.807) is 11.8 Å². The van der Waals surface area contributed by atoms with Gasteiger partial charge in [-0.2, -0.15) is 0 Å². The molecule has 3 nitrogen and oxygen atoms in total. The number of nitrogens with one attached hydrogen (secondary N) is 2. The molecule has 1 amide bonds. The highest BCUT2D eigenvalue weighted by Crippen LogP contribution is 2.35. The van der Waals surface area contributed by atoms with E-state index in [4.69, 9.17) is 0 Å². The highest BCUT2D eigenvalue weighted by atomic mass is 35.5. The molecule has 134 valence electrons. The van der Waals surface area contributed by atoms with Crippen LogP contribution in [0.15, 0.2) is 65.6 Å². The zero-order chi connectivity index (χ0) is 16.6. The smallest absolute Gasteiger partial charge is 0.238 e. The Morgan fingerprint density at radius 2 is 1.80 bits per heavy atom. The SMILES string of the molecule is Cl.O=C(NCC1CCCNC1)C(Sc1ccccc1)c1ccccc1. The van der Waals surface area contributed by atoms with Gasteiger partial charge in [-0.25, -0.2) is 0 Å². The maximum Gasteiger partial charge on any atom is 0.238 e. The normalized spacial score (nSPS) is 18.0. The molecule has 2 unspecified atom stereocenters. The predicted molar refractivity (Wildman–Crippen MR) is 107 cm³/mol. The second kappa shape index (κ2) is 10.5. The van der Waals surface area contributed by atoms with Gasteiger partial charge in [-0.1, -0.05) is 48.5 Å². The average Bonchev–Trinajstić information content (AvgIpc) is 2.66. The van der Waals surface area contributed by atoms with Gasteiger partial charge in [-0.3, -0.25) is 4.79 Å². The van der Waals surface area contributed by atoms with E-state index < -0.39 is 0 Å². The summed E-state index contributed by atoms with van der Waals surface area (Å²) >= 11 is 1.61. The maximum atomic E-state index is 12.8. The molecule has 2 N–H and O–H groups in total. The third-order valence-corrected chi connectivity index (χ3v) is 5.57. The van der Waals surface area contributed by atoms with E-state index in [0.29, 0.717) is 5.92 Å². The van der Waals surface area contributed by atoms with Gasteiger partial charge < -0.3 is 10.6 Å². The van der Waals surface area contributed by atoms with Crippen molar-refractivity contribution < 1.29 is 4.79 Å². The van der Waals surface area contributed by atoms with Crippen LogP contribution in [0.25, 0.3) is 0 Å². The fraction of sp³-hybridized carbons (Fsp3) is 0.350. The van der Waals surface area contributed by atoms with E-state index in [0.717, 1.165) is 30.1 Å². The molecule has 0 aromatic heterocycles. The zero-order valence-corrected chi connectivity index (χ0v) is 15.8. The van der Waals surface area contributed by atoms with Crippen LogP contribution < -0.4 is 10.6 Å². The van der Waals surface area contributed by atoms with Crippen molar-refractivity contribution in [2.45, 2.75) is 23.0 Å².